The van der Waals surface area contributed by atoms with Gasteiger partial charge in [-0.15, -0.1) is 0 Å². The third kappa shape index (κ3) is 8.37. The summed E-state index contributed by atoms with van der Waals surface area (Å²) < 4.78 is 14.7. The molecule has 3 aromatic heterocycles. The molecule has 1 saturated carbocycles. The fourth-order valence-electron chi connectivity index (χ4n) is 6.98. The van der Waals surface area contributed by atoms with Gasteiger partial charge in [0.1, 0.15) is 17.7 Å². The number of nitrogens with zero attached hydrogens (tertiary/aromatic N) is 7. The zero-order valence-corrected chi connectivity index (χ0v) is 31.0. The maximum Gasteiger partial charge on any atom is 0.410 e. The monoisotopic (exact) mass is 721 g/mol. The Morgan fingerprint density at radius 2 is 1.68 bits per heavy atom. The first-order chi connectivity index (χ1) is 25.4. The third-order valence-electron chi connectivity index (χ3n) is 9.47. The normalized spacial score (nSPS) is 15.1. The molecule has 53 heavy (non-hydrogen) atoms. The molecule has 14 nitrogen and oxygen atoms in total. The van der Waals surface area contributed by atoms with Crippen molar-refractivity contribution in [3.05, 3.63) is 83.6 Å². The van der Waals surface area contributed by atoms with Crippen LogP contribution in [0.3, 0.4) is 0 Å². The molecule has 2 N–H and O–H groups in total. The lowest BCUT2D eigenvalue weighted by atomic mass is 10.0. The quantitative estimate of drug-likeness (QED) is 0.177. The van der Waals surface area contributed by atoms with E-state index in [4.69, 9.17) is 14.5 Å². The van der Waals surface area contributed by atoms with Crippen LogP contribution in [0, 0.1) is 6.92 Å². The summed E-state index contributed by atoms with van der Waals surface area (Å²) in [6.07, 6.45) is 8.95. The van der Waals surface area contributed by atoms with E-state index in [-0.39, 0.29) is 30.7 Å². The number of hydrogen-bond donors (Lipinski definition) is 2. The topological polar surface area (TPSA) is 148 Å². The number of benzene rings is 2. The molecule has 2 fully saturated rings. The number of alkyl carbamates (subject to hydrolysis) is 1. The Hall–Kier alpha value is -5.66. The molecule has 0 unspecified atom stereocenters. The van der Waals surface area contributed by atoms with E-state index in [0.717, 1.165) is 61.1 Å². The first-order valence-electron chi connectivity index (χ1n) is 18.3. The molecule has 0 bridgehead atoms. The molecule has 1 aliphatic heterocycles. The van der Waals surface area contributed by atoms with Crippen LogP contribution >= 0.6 is 0 Å². The molecule has 7 rings (SSSR count). The number of anilines is 2. The number of nitrogens with one attached hydrogen (secondary N) is 2. The third-order valence-corrected chi connectivity index (χ3v) is 9.47. The number of fused-ring (bicyclic) bond motifs is 2. The van der Waals surface area contributed by atoms with Gasteiger partial charge >= 0.3 is 12.2 Å². The number of hydrogen-bond acceptors (Lipinski definition) is 9. The van der Waals surface area contributed by atoms with Crippen molar-refractivity contribution in [1.82, 2.24) is 34.4 Å². The number of ether oxygens (including phenoxy) is 2. The Bertz CT molecular complexity index is 2130. The molecule has 1 saturated heterocycles. The molecule has 3 amide bonds. The van der Waals surface area contributed by atoms with Crippen molar-refractivity contribution in [2.45, 2.75) is 84.1 Å². The number of aryl methyl sites for hydroxylation is 2. The Morgan fingerprint density at radius 3 is 2.40 bits per heavy atom. The largest absolute Gasteiger partial charge is 0.445 e. The highest BCUT2D eigenvalue weighted by Gasteiger charge is 2.41. The highest BCUT2D eigenvalue weighted by atomic mass is 16.6. The second-order valence-electron chi connectivity index (χ2n) is 14.9. The Morgan fingerprint density at radius 1 is 0.943 bits per heavy atom. The van der Waals surface area contributed by atoms with Crippen LogP contribution in [-0.2, 0) is 29.5 Å². The van der Waals surface area contributed by atoms with Crippen LogP contribution in [0.5, 0.6) is 0 Å². The average Bonchev–Trinajstić information content (AvgIpc) is 3.73. The summed E-state index contributed by atoms with van der Waals surface area (Å²) in [5, 5.41) is 11.3. The van der Waals surface area contributed by atoms with Crippen LogP contribution in [0.2, 0.25) is 0 Å². The van der Waals surface area contributed by atoms with Gasteiger partial charge < -0.3 is 34.3 Å². The maximum atomic E-state index is 13.8. The molecule has 5 aromatic rings. The van der Waals surface area contributed by atoms with Gasteiger partial charge in [0.25, 0.3) is 5.91 Å². The second kappa shape index (κ2) is 14.8. The van der Waals surface area contributed by atoms with Crippen molar-refractivity contribution in [2.24, 2.45) is 7.05 Å². The summed E-state index contributed by atoms with van der Waals surface area (Å²) in [6, 6.07) is 13.7. The van der Waals surface area contributed by atoms with E-state index in [1.807, 2.05) is 98.9 Å². The zero-order valence-electron chi connectivity index (χ0n) is 31.0. The van der Waals surface area contributed by atoms with E-state index in [0.29, 0.717) is 41.2 Å². The van der Waals surface area contributed by atoms with Crippen LogP contribution in [0.1, 0.15) is 73.8 Å². The molecule has 0 spiro atoms. The van der Waals surface area contributed by atoms with Crippen molar-refractivity contribution in [1.29, 1.82) is 0 Å². The molecule has 14 heteroatoms. The Labute approximate surface area is 308 Å². The van der Waals surface area contributed by atoms with E-state index in [9.17, 15) is 14.4 Å². The number of aromatic nitrogens is 5. The van der Waals surface area contributed by atoms with E-state index >= 15 is 0 Å². The summed E-state index contributed by atoms with van der Waals surface area (Å²) in [5.41, 5.74) is 4.46. The van der Waals surface area contributed by atoms with Crippen LogP contribution in [0.4, 0.5) is 21.1 Å². The zero-order chi connectivity index (χ0) is 37.3. The standard InChI is InChI=1S/C39H47N9O5/c1-25-21-47-23-33(42-35(47)31(41-25)15-18-40-37(50)52-24-26-9-7-6-8-10-26)43-36(49)29-13-14-32(30-22-45(5)44-34(29)30)46-19-16-28(17-20-46)48(27-11-12-27)38(51)53-39(2,3)4/h6-10,13-14,21-23,27-28H,11-12,15-20,24H2,1-5H3,(H,40,50)(H,43,49). The molecular formula is C39H47N9O5. The van der Waals surface area contributed by atoms with Gasteiger partial charge in [0.2, 0.25) is 0 Å². The minimum Gasteiger partial charge on any atom is -0.445 e. The molecule has 2 aliphatic rings. The highest BCUT2D eigenvalue weighted by Crippen LogP contribution is 2.36. The van der Waals surface area contributed by atoms with E-state index in [1.165, 1.54) is 0 Å². The lowest BCUT2D eigenvalue weighted by Crippen LogP contribution is -2.50. The van der Waals surface area contributed by atoms with Crippen molar-refractivity contribution in [3.63, 3.8) is 0 Å². The Kier molecular flexibility index (Phi) is 9.95. The molecule has 1 aliphatic carbocycles. The van der Waals surface area contributed by atoms with Gasteiger partial charge in [0.15, 0.2) is 11.5 Å². The van der Waals surface area contributed by atoms with Gasteiger partial charge in [-0.1, -0.05) is 30.3 Å². The van der Waals surface area contributed by atoms with Crippen molar-refractivity contribution in [2.75, 3.05) is 29.9 Å². The lowest BCUT2D eigenvalue weighted by molar-refractivity contribution is 0.0113. The fraction of sp³-hybridized carbons (Fsp3) is 0.436. The van der Waals surface area contributed by atoms with Crippen molar-refractivity contribution >= 4 is 46.1 Å². The number of carbonyl (C=O) groups excluding carboxylic acids is 3. The number of carbonyl (C=O) groups is 3. The van der Waals surface area contributed by atoms with Gasteiger partial charge in [-0.3, -0.25) is 14.5 Å². The summed E-state index contributed by atoms with van der Waals surface area (Å²) in [6.45, 7) is 9.64. The van der Waals surface area contributed by atoms with Crippen LogP contribution < -0.4 is 15.5 Å². The summed E-state index contributed by atoms with van der Waals surface area (Å²) in [5.74, 6) is 0.0492. The smallest absolute Gasteiger partial charge is 0.410 e. The molecule has 0 radical (unpaired) electrons. The number of amides is 3. The SMILES string of the molecule is Cc1cn2cc(NC(=O)c3ccc(N4CCC(N(C(=O)OC(C)(C)C)C5CC5)CC4)c4cn(C)nc34)nc2c(CCNC(=O)OCc2ccccc2)n1. The molecule has 4 heterocycles. The first kappa shape index (κ1) is 35.7. The van der Waals surface area contributed by atoms with Gasteiger partial charge in [-0.2, -0.15) is 5.10 Å². The van der Waals surface area contributed by atoms with Crippen molar-refractivity contribution in [3.8, 4) is 0 Å². The molecule has 278 valence electrons. The predicted molar refractivity (Wildman–Crippen MR) is 201 cm³/mol. The molecular weight excluding hydrogens is 674 g/mol. The maximum absolute atomic E-state index is 13.8. The second-order valence-corrected chi connectivity index (χ2v) is 14.9. The predicted octanol–water partition coefficient (Wildman–Crippen LogP) is 6.01. The highest BCUT2D eigenvalue weighted by molar-refractivity contribution is 6.13. The van der Waals surface area contributed by atoms with E-state index < -0.39 is 11.7 Å². The summed E-state index contributed by atoms with van der Waals surface area (Å²) in [7, 11) is 1.85. The van der Waals surface area contributed by atoms with Crippen LogP contribution in [0.25, 0.3) is 16.6 Å². The average molecular weight is 722 g/mol. The van der Waals surface area contributed by atoms with Gasteiger partial charge in [-0.25, -0.2) is 14.6 Å². The van der Waals surface area contributed by atoms with Gasteiger partial charge in [0, 0.05) is 68.7 Å². The summed E-state index contributed by atoms with van der Waals surface area (Å²) in [4.78, 5) is 52.8. The Balaban J connectivity index is 1.01. The molecule has 0 atom stereocenters. The lowest BCUT2D eigenvalue weighted by Gasteiger charge is -2.40. The number of rotatable bonds is 10. The fourth-order valence-corrected chi connectivity index (χ4v) is 6.98. The van der Waals surface area contributed by atoms with Gasteiger partial charge in [-0.05, 0) is 71.1 Å². The van der Waals surface area contributed by atoms with E-state index in [2.05, 4.69) is 25.6 Å². The summed E-state index contributed by atoms with van der Waals surface area (Å²) >= 11 is 0. The first-order valence-corrected chi connectivity index (χ1v) is 18.3. The number of imidazole rings is 1. The number of piperidine rings is 1. The minimum absolute atomic E-state index is 0.130. The van der Waals surface area contributed by atoms with E-state index in [1.54, 1.807) is 10.9 Å². The van der Waals surface area contributed by atoms with Gasteiger partial charge in [0.05, 0.1) is 23.1 Å². The van der Waals surface area contributed by atoms with Crippen LogP contribution in [-0.4, -0.2) is 84.5 Å². The van der Waals surface area contributed by atoms with Crippen molar-refractivity contribution < 1.29 is 23.9 Å². The minimum atomic E-state index is -0.533. The molecule has 2 aromatic carbocycles. The van der Waals surface area contributed by atoms with Crippen LogP contribution in [0.15, 0.2) is 61.1 Å².